The lowest BCUT2D eigenvalue weighted by atomic mass is 10.1. The molecule has 2 N–H and O–H groups in total. The highest BCUT2D eigenvalue weighted by Crippen LogP contribution is 2.29. The number of benzene rings is 1. The summed E-state index contributed by atoms with van der Waals surface area (Å²) in [6, 6.07) is 5.55. The maximum atomic E-state index is 11.2. The molecule has 0 saturated heterocycles. The smallest absolute Gasteiger partial charge is 0.409 e. The summed E-state index contributed by atoms with van der Waals surface area (Å²) >= 11 is 6.08. The topological polar surface area (TPSA) is 115 Å². The van der Waals surface area contributed by atoms with E-state index in [-0.39, 0.29) is 22.8 Å². The molecule has 0 atom stereocenters. The van der Waals surface area contributed by atoms with Gasteiger partial charge in [0.2, 0.25) is 5.88 Å². The molecule has 1 aromatic carbocycles. The van der Waals surface area contributed by atoms with Crippen LogP contribution in [0.25, 0.3) is 12.2 Å². The molecule has 2 rings (SSSR count). The quantitative estimate of drug-likeness (QED) is 0.624. The average molecular weight is 350 g/mol. The molecule has 124 valence electrons. The van der Waals surface area contributed by atoms with Crippen LogP contribution >= 0.6 is 11.6 Å². The number of nitrogens with one attached hydrogen (secondary N) is 1. The summed E-state index contributed by atoms with van der Waals surface area (Å²) in [5.41, 5.74) is 0.599. The molecule has 1 amide bonds. The summed E-state index contributed by atoms with van der Waals surface area (Å²) in [6.45, 7) is 0. The number of carboxylic acid groups (broad SMARTS) is 1. The Morgan fingerprint density at radius 2 is 2.17 bits per heavy atom. The Bertz CT molecular complexity index is 823. The number of methoxy groups -OCH3 is 1. The Kier molecular flexibility index (Phi) is 5.33. The number of aromatic nitrogens is 1. The highest BCUT2D eigenvalue weighted by atomic mass is 35.5. The van der Waals surface area contributed by atoms with E-state index in [0.29, 0.717) is 10.6 Å². The first-order valence-corrected chi connectivity index (χ1v) is 6.95. The zero-order valence-corrected chi connectivity index (χ0v) is 13.1. The number of anilines is 1. The van der Waals surface area contributed by atoms with Gasteiger partial charge in [0.15, 0.2) is 0 Å². The van der Waals surface area contributed by atoms with Crippen LogP contribution in [0.5, 0.6) is 5.88 Å². The maximum Gasteiger partial charge on any atom is 0.409 e. The number of rotatable bonds is 5. The van der Waals surface area contributed by atoms with Crippen LogP contribution in [0.3, 0.4) is 0 Å². The molecular weight excluding hydrogens is 338 g/mol. The molecule has 0 radical (unpaired) electrons. The second-order valence-corrected chi connectivity index (χ2v) is 4.92. The molecule has 8 nitrogen and oxygen atoms in total. The van der Waals surface area contributed by atoms with Crippen LogP contribution in [0.1, 0.15) is 11.1 Å². The molecule has 1 heterocycles. The normalized spacial score (nSPS) is 10.6. The first-order chi connectivity index (χ1) is 11.4. The third-order valence-electron chi connectivity index (χ3n) is 3.00. The van der Waals surface area contributed by atoms with E-state index in [4.69, 9.17) is 21.4 Å². The number of nitrogens with zero attached hydrogens (tertiary/aromatic N) is 2. The molecule has 1 aromatic heterocycles. The van der Waals surface area contributed by atoms with Gasteiger partial charge in [0.1, 0.15) is 0 Å². The predicted molar refractivity (Wildman–Crippen MR) is 89.5 cm³/mol. The lowest BCUT2D eigenvalue weighted by Crippen LogP contribution is -2.07. The SMILES string of the molecule is COc1nccc(Cl)c1/C=C/c1ccc(NC(=O)O)cc1[N+](=O)[O-]. The number of amides is 1. The molecule has 9 heteroatoms. The van der Waals surface area contributed by atoms with E-state index in [0.717, 1.165) is 6.07 Å². The van der Waals surface area contributed by atoms with Crippen molar-refractivity contribution in [2.75, 3.05) is 12.4 Å². The largest absolute Gasteiger partial charge is 0.481 e. The van der Waals surface area contributed by atoms with Crippen molar-refractivity contribution >= 4 is 41.2 Å². The van der Waals surface area contributed by atoms with Crippen LogP contribution in [-0.4, -0.2) is 28.2 Å². The van der Waals surface area contributed by atoms with E-state index in [9.17, 15) is 14.9 Å². The summed E-state index contributed by atoms with van der Waals surface area (Å²) in [6.07, 6.45) is 3.20. The summed E-state index contributed by atoms with van der Waals surface area (Å²) in [5.74, 6) is 0.283. The highest BCUT2D eigenvalue weighted by molar-refractivity contribution is 6.32. The zero-order chi connectivity index (χ0) is 17.7. The number of carbonyl (C=O) groups is 1. The number of hydrogen-bond donors (Lipinski definition) is 2. The summed E-state index contributed by atoms with van der Waals surface area (Å²) in [5, 5.41) is 22.3. The zero-order valence-electron chi connectivity index (χ0n) is 12.4. The Morgan fingerprint density at radius 1 is 1.42 bits per heavy atom. The van der Waals surface area contributed by atoms with Gasteiger partial charge in [-0.15, -0.1) is 0 Å². The van der Waals surface area contributed by atoms with Gasteiger partial charge in [-0.25, -0.2) is 9.78 Å². The van der Waals surface area contributed by atoms with E-state index in [1.165, 1.54) is 31.5 Å². The van der Waals surface area contributed by atoms with Gasteiger partial charge in [-0.05, 0) is 30.4 Å². The predicted octanol–water partition coefficient (Wildman–Crippen LogP) is 3.91. The minimum Gasteiger partial charge on any atom is -0.481 e. The number of hydrogen-bond acceptors (Lipinski definition) is 5. The minimum atomic E-state index is -1.31. The van der Waals surface area contributed by atoms with Crippen LogP contribution in [0.2, 0.25) is 5.02 Å². The fourth-order valence-electron chi connectivity index (χ4n) is 1.96. The standard InChI is InChI=1S/C15H12ClN3O5/c1-24-14-11(12(16)6-7-17-14)5-3-9-2-4-10(18-15(20)21)8-13(9)19(22)23/h2-8,18H,1H3,(H,20,21)/b5-3+. The van der Waals surface area contributed by atoms with Crippen LogP contribution in [0.15, 0.2) is 30.5 Å². The molecule has 0 fully saturated rings. The maximum absolute atomic E-state index is 11.2. The van der Waals surface area contributed by atoms with E-state index in [1.54, 1.807) is 12.1 Å². The molecule has 0 saturated carbocycles. The molecule has 0 aliphatic heterocycles. The van der Waals surface area contributed by atoms with Gasteiger partial charge in [0.05, 0.1) is 33.9 Å². The Labute approximate surface area is 141 Å². The van der Waals surface area contributed by atoms with Gasteiger partial charge in [-0.2, -0.15) is 0 Å². The number of nitro benzene ring substituents is 1. The van der Waals surface area contributed by atoms with Crippen molar-refractivity contribution in [1.29, 1.82) is 0 Å². The molecule has 2 aromatic rings. The summed E-state index contributed by atoms with van der Waals surface area (Å²) in [4.78, 5) is 25.2. The second-order valence-electron chi connectivity index (χ2n) is 4.51. The molecule has 0 spiro atoms. The Balaban J connectivity index is 2.42. The molecule has 24 heavy (non-hydrogen) atoms. The van der Waals surface area contributed by atoms with Gasteiger partial charge in [0.25, 0.3) is 5.69 Å². The minimum absolute atomic E-state index is 0.100. The lowest BCUT2D eigenvalue weighted by molar-refractivity contribution is -0.385. The van der Waals surface area contributed by atoms with Crippen LogP contribution in [0.4, 0.5) is 16.2 Å². The van der Waals surface area contributed by atoms with Gasteiger partial charge < -0.3 is 9.84 Å². The first-order valence-electron chi connectivity index (χ1n) is 6.57. The van der Waals surface area contributed by atoms with Crippen molar-refractivity contribution in [2.45, 2.75) is 0 Å². The number of ether oxygens (including phenoxy) is 1. The molecule has 0 unspecified atom stereocenters. The van der Waals surface area contributed by atoms with Crippen molar-refractivity contribution < 1.29 is 19.6 Å². The molecule has 0 bridgehead atoms. The van der Waals surface area contributed by atoms with E-state index >= 15 is 0 Å². The fraction of sp³-hybridized carbons (Fsp3) is 0.0667. The van der Waals surface area contributed by atoms with Crippen LogP contribution in [0, 0.1) is 10.1 Å². The Hall–Kier alpha value is -3.13. The highest BCUT2D eigenvalue weighted by Gasteiger charge is 2.14. The van der Waals surface area contributed by atoms with Crippen molar-refractivity contribution in [3.8, 4) is 5.88 Å². The average Bonchev–Trinajstić information content (AvgIpc) is 2.53. The van der Waals surface area contributed by atoms with Crippen molar-refractivity contribution in [2.24, 2.45) is 0 Å². The third-order valence-corrected chi connectivity index (χ3v) is 3.33. The summed E-state index contributed by atoms with van der Waals surface area (Å²) in [7, 11) is 1.44. The van der Waals surface area contributed by atoms with Gasteiger partial charge in [-0.3, -0.25) is 15.4 Å². The second kappa shape index (κ2) is 7.42. The van der Waals surface area contributed by atoms with Gasteiger partial charge in [-0.1, -0.05) is 11.6 Å². The fourth-order valence-corrected chi connectivity index (χ4v) is 2.16. The van der Waals surface area contributed by atoms with E-state index in [2.05, 4.69) is 10.3 Å². The van der Waals surface area contributed by atoms with Crippen molar-refractivity contribution in [3.63, 3.8) is 0 Å². The van der Waals surface area contributed by atoms with E-state index in [1.807, 2.05) is 0 Å². The third kappa shape index (κ3) is 3.99. The lowest BCUT2D eigenvalue weighted by Gasteiger charge is -2.05. The molecule has 0 aliphatic rings. The van der Waals surface area contributed by atoms with Crippen LogP contribution in [-0.2, 0) is 0 Å². The molecule has 0 aliphatic carbocycles. The van der Waals surface area contributed by atoms with Crippen molar-refractivity contribution in [3.05, 3.63) is 56.7 Å². The Morgan fingerprint density at radius 3 is 2.79 bits per heavy atom. The number of pyridine rings is 1. The summed E-state index contributed by atoms with van der Waals surface area (Å²) < 4.78 is 5.10. The van der Waals surface area contributed by atoms with Crippen LogP contribution < -0.4 is 10.1 Å². The van der Waals surface area contributed by atoms with Gasteiger partial charge >= 0.3 is 6.09 Å². The number of halogens is 1. The first kappa shape index (κ1) is 17.2. The molecular formula is C15H12ClN3O5. The van der Waals surface area contributed by atoms with Gasteiger partial charge in [0, 0.05) is 12.3 Å². The monoisotopic (exact) mass is 349 g/mol. The number of nitro groups is 1. The van der Waals surface area contributed by atoms with Crippen molar-refractivity contribution in [1.82, 2.24) is 4.98 Å². The van der Waals surface area contributed by atoms with E-state index < -0.39 is 11.0 Å².